The van der Waals surface area contributed by atoms with Gasteiger partial charge in [0.05, 0.1) is 17.5 Å². The van der Waals surface area contributed by atoms with Crippen molar-refractivity contribution in [2.45, 2.75) is 6.92 Å². The summed E-state index contributed by atoms with van der Waals surface area (Å²) in [7, 11) is 1.62. The molecule has 0 atom stereocenters. The third kappa shape index (κ3) is 2.11. The molecule has 1 N–H and O–H groups in total. The van der Waals surface area contributed by atoms with Crippen molar-refractivity contribution in [1.29, 1.82) is 0 Å². The summed E-state index contributed by atoms with van der Waals surface area (Å²) in [4.78, 5) is 29.5. The Morgan fingerprint density at radius 2 is 2.28 bits per heavy atom. The third-order valence-corrected chi connectivity index (χ3v) is 2.43. The molecule has 7 heteroatoms. The Hall–Kier alpha value is -2.18. The molecule has 0 aliphatic rings. The number of rotatable bonds is 2. The van der Waals surface area contributed by atoms with E-state index in [1.165, 1.54) is 6.07 Å². The standard InChI is InChI=1S/C11H10BFN2O3/c1-2-18-11(17)9-14-8-6(10(16)15-9)3-5(13)4-7(8)12/h3-4H,2,12H2,1H3,(H,14,15,16). The van der Waals surface area contributed by atoms with Crippen LogP contribution in [-0.2, 0) is 4.74 Å². The molecule has 1 heterocycles. The lowest BCUT2D eigenvalue weighted by Gasteiger charge is -2.05. The topological polar surface area (TPSA) is 72.0 Å². The monoisotopic (exact) mass is 248 g/mol. The molecule has 0 bridgehead atoms. The minimum absolute atomic E-state index is 0.112. The maximum absolute atomic E-state index is 13.2. The third-order valence-electron chi connectivity index (χ3n) is 2.43. The average Bonchev–Trinajstić information content (AvgIpc) is 2.30. The predicted molar refractivity (Wildman–Crippen MR) is 66.5 cm³/mol. The van der Waals surface area contributed by atoms with Crippen LogP contribution < -0.4 is 11.0 Å². The minimum atomic E-state index is -0.708. The normalized spacial score (nSPS) is 10.6. The molecule has 2 aromatic rings. The van der Waals surface area contributed by atoms with Gasteiger partial charge in [-0.05, 0) is 19.1 Å². The fourth-order valence-electron chi connectivity index (χ4n) is 1.67. The Balaban J connectivity index is 2.69. The van der Waals surface area contributed by atoms with Crippen LogP contribution in [0.3, 0.4) is 0 Å². The van der Waals surface area contributed by atoms with Crippen molar-refractivity contribution in [3.05, 3.63) is 34.1 Å². The fraction of sp³-hybridized carbons (Fsp3) is 0.182. The minimum Gasteiger partial charge on any atom is -0.460 e. The van der Waals surface area contributed by atoms with Crippen LogP contribution >= 0.6 is 0 Å². The molecule has 0 fully saturated rings. The van der Waals surface area contributed by atoms with E-state index in [4.69, 9.17) is 4.74 Å². The second-order valence-electron chi connectivity index (χ2n) is 3.75. The van der Waals surface area contributed by atoms with Crippen LogP contribution in [0.15, 0.2) is 16.9 Å². The summed E-state index contributed by atoms with van der Waals surface area (Å²) >= 11 is 0. The zero-order valence-electron chi connectivity index (χ0n) is 9.91. The zero-order valence-corrected chi connectivity index (χ0v) is 9.91. The number of nitrogens with one attached hydrogen (secondary N) is 1. The van der Waals surface area contributed by atoms with Crippen LogP contribution in [-0.4, -0.2) is 30.4 Å². The van der Waals surface area contributed by atoms with Gasteiger partial charge in [-0.1, -0.05) is 5.46 Å². The van der Waals surface area contributed by atoms with E-state index in [2.05, 4.69) is 9.97 Å². The molecule has 2 rings (SSSR count). The van der Waals surface area contributed by atoms with Crippen molar-refractivity contribution < 1.29 is 13.9 Å². The SMILES string of the molecule is Bc1cc(F)cc2c(=O)[nH]c(C(=O)OCC)nc12. The Bertz CT molecular complexity index is 684. The molecule has 0 saturated carbocycles. The Morgan fingerprint density at radius 3 is 2.94 bits per heavy atom. The van der Waals surface area contributed by atoms with Crippen molar-refractivity contribution in [2.75, 3.05) is 6.61 Å². The predicted octanol–water partition coefficient (Wildman–Crippen LogP) is -0.503. The van der Waals surface area contributed by atoms with Gasteiger partial charge in [0.2, 0.25) is 5.82 Å². The number of fused-ring (bicyclic) bond motifs is 1. The summed E-state index contributed by atoms with van der Waals surface area (Å²) in [6, 6.07) is 2.34. The number of hydrogen-bond donors (Lipinski definition) is 1. The van der Waals surface area contributed by atoms with Gasteiger partial charge in [-0.2, -0.15) is 0 Å². The summed E-state index contributed by atoms with van der Waals surface area (Å²) in [6.45, 7) is 1.83. The fourth-order valence-corrected chi connectivity index (χ4v) is 1.67. The van der Waals surface area contributed by atoms with Crippen molar-refractivity contribution in [3.8, 4) is 0 Å². The van der Waals surface area contributed by atoms with Gasteiger partial charge in [-0.3, -0.25) is 4.79 Å². The molecule has 0 unspecified atom stereocenters. The van der Waals surface area contributed by atoms with Gasteiger partial charge in [0.15, 0.2) is 0 Å². The highest BCUT2D eigenvalue weighted by Crippen LogP contribution is 2.07. The number of nitrogens with zero attached hydrogens (tertiary/aromatic N) is 1. The highest BCUT2D eigenvalue weighted by Gasteiger charge is 2.14. The Labute approximate surface area is 102 Å². The molecule has 0 radical (unpaired) electrons. The molecule has 0 aliphatic carbocycles. The summed E-state index contributed by atoms with van der Waals surface area (Å²) in [5.74, 6) is -1.40. The summed E-state index contributed by atoms with van der Waals surface area (Å²) in [6.07, 6.45) is 0. The first-order chi connectivity index (χ1) is 8.52. The van der Waals surface area contributed by atoms with Crippen LogP contribution in [0.4, 0.5) is 4.39 Å². The van der Waals surface area contributed by atoms with Crippen LogP contribution in [0.5, 0.6) is 0 Å². The number of ether oxygens (including phenoxy) is 1. The molecule has 1 aromatic carbocycles. The van der Waals surface area contributed by atoms with E-state index in [9.17, 15) is 14.0 Å². The number of carbonyl (C=O) groups excluding carboxylic acids is 1. The van der Waals surface area contributed by atoms with Gasteiger partial charge in [0, 0.05) is 0 Å². The molecule has 1 aromatic heterocycles. The number of halogens is 1. The van der Waals surface area contributed by atoms with Gasteiger partial charge >= 0.3 is 5.97 Å². The number of carbonyl (C=O) groups is 1. The van der Waals surface area contributed by atoms with Crippen molar-refractivity contribution >= 4 is 30.2 Å². The highest BCUT2D eigenvalue weighted by atomic mass is 19.1. The number of H-pyrrole nitrogens is 1. The number of benzene rings is 1. The maximum atomic E-state index is 13.2. The number of aromatic nitrogens is 2. The molecule has 0 saturated heterocycles. The molecule has 0 aliphatic heterocycles. The first-order valence-corrected chi connectivity index (χ1v) is 5.40. The molecule has 92 valence electrons. The van der Waals surface area contributed by atoms with Crippen LogP contribution in [0.1, 0.15) is 17.5 Å². The van der Waals surface area contributed by atoms with Crippen molar-refractivity contribution in [3.63, 3.8) is 0 Å². The Kier molecular flexibility index (Phi) is 3.14. The summed E-state index contributed by atoms with van der Waals surface area (Å²) in [5, 5.41) is 0.112. The first kappa shape index (κ1) is 12.3. The van der Waals surface area contributed by atoms with E-state index in [0.717, 1.165) is 6.07 Å². The quantitative estimate of drug-likeness (QED) is 0.574. The maximum Gasteiger partial charge on any atom is 0.374 e. The van der Waals surface area contributed by atoms with Gasteiger partial charge in [-0.15, -0.1) is 0 Å². The lowest BCUT2D eigenvalue weighted by Crippen LogP contribution is -2.21. The van der Waals surface area contributed by atoms with E-state index in [1.807, 2.05) is 0 Å². The molecule has 0 amide bonds. The largest absolute Gasteiger partial charge is 0.460 e. The van der Waals surface area contributed by atoms with Crippen molar-refractivity contribution in [2.24, 2.45) is 0 Å². The number of aromatic amines is 1. The second kappa shape index (κ2) is 4.60. The summed E-state index contributed by atoms with van der Waals surface area (Å²) in [5.41, 5.74) is 0.218. The molecular formula is C11H10BFN2O3. The van der Waals surface area contributed by atoms with E-state index in [1.54, 1.807) is 14.8 Å². The molecule has 5 nitrogen and oxygen atoms in total. The zero-order chi connectivity index (χ0) is 13.3. The van der Waals surface area contributed by atoms with Gasteiger partial charge in [0.25, 0.3) is 5.56 Å². The lowest BCUT2D eigenvalue weighted by atomic mass is 9.93. The van der Waals surface area contributed by atoms with E-state index in [0.29, 0.717) is 11.0 Å². The average molecular weight is 248 g/mol. The molecule has 0 spiro atoms. The first-order valence-electron chi connectivity index (χ1n) is 5.40. The van der Waals surface area contributed by atoms with Crippen LogP contribution in [0.25, 0.3) is 10.9 Å². The molecule has 18 heavy (non-hydrogen) atoms. The number of hydrogen-bond acceptors (Lipinski definition) is 4. The van der Waals surface area contributed by atoms with Gasteiger partial charge in [-0.25, -0.2) is 14.2 Å². The van der Waals surface area contributed by atoms with Crippen molar-refractivity contribution in [1.82, 2.24) is 9.97 Å². The second-order valence-corrected chi connectivity index (χ2v) is 3.75. The Morgan fingerprint density at radius 1 is 1.56 bits per heavy atom. The van der Waals surface area contributed by atoms with Gasteiger partial charge in [0.1, 0.15) is 13.7 Å². The van der Waals surface area contributed by atoms with Crippen LogP contribution in [0, 0.1) is 5.82 Å². The van der Waals surface area contributed by atoms with E-state index >= 15 is 0 Å². The summed E-state index contributed by atoms with van der Waals surface area (Å²) < 4.78 is 17.9. The van der Waals surface area contributed by atoms with E-state index in [-0.39, 0.29) is 17.8 Å². The van der Waals surface area contributed by atoms with Gasteiger partial charge < -0.3 is 9.72 Å². The molecular weight excluding hydrogens is 238 g/mol. The smallest absolute Gasteiger partial charge is 0.374 e. The van der Waals surface area contributed by atoms with E-state index < -0.39 is 17.3 Å². The highest BCUT2D eigenvalue weighted by molar-refractivity contribution is 6.38. The van der Waals surface area contributed by atoms with Crippen LogP contribution in [0.2, 0.25) is 0 Å². The lowest BCUT2D eigenvalue weighted by molar-refractivity contribution is 0.0512. The number of esters is 1.